The van der Waals surface area contributed by atoms with Crippen molar-refractivity contribution in [1.29, 1.82) is 0 Å². The Morgan fingerprint density at radius 1 is 1.11 bits per heavy atom. The van der Waals surface area contributed by atoms with Gasteiger partial charge in [0.25, 0.3) is 5.91 Å². The van der Waals surface area contributed by atoms with Crippen molar-refractivity contribution >= 4 is 27.5 Å². The lowest BCUT2D eigenvalue weighted by atomic mass is 9.82. The number of oxime groups is 1. The molecule has 3 heterocycles. The van der Waals surface area contributed by atoms with E-state index >= 15 is 0 Å². The first-order valence-electron chi connectivity index (χ1n) is 12.9. The molecule has 2 saturated heterocycles. The van der Waals surface area contributed by atoms with Gasteiger partial charge in [-0.05, 0) is 84.2 Å². The first-order chi connectivity index (χ1) is 17.2. The lowest BCUT2D eigenvalue weighted by Gasteiger charge is -2.49. The van der Waals surface area contributed by atoms with E-state index in [0.29, 0.717) is 18.1 Å². The standard InChI is InChI=1S/C28H37BrN4O3/c1-5-36-30-26(22-6-8-24(29)9-7-22)23-10-14-32(15-11-23)28(4)12-16-31(17-13-28)27(34)25-20(2)18-33(35)19-21(25)3/h6-9,18-19,23H,5,10-17H2,1-4H3/b30-26+. The smallest absolute Gasteiger partial charge is 0.254 e. The van der Waals surface area contributed by atoms with E-state index in [-0.39, 0.29) is 11.4 Å². The molecule has 1 aromatic heterocycles. The van der Waals surface area contributed by atoms with E-state index in [9.17, 15) is 10.0 Å². The van der Waals surface area contributed by atoms with E-state index in [4.69, 9.17) is 4.84 Å². The van der Waals surface area contributed by atoms with E-state index in [1.165, 1.54) is 12.4 Å². The molecule has 0 saturated carbocycles. The summed E-state index contributed by atoms with van der Waals surface area (Å²) in [5, 5.41) is 16.2. The van der Waals surface area contributed by atoms with E-state index in [1.54, 1.807) is 0 Å². The van der Waals surface area contributed by atoms with Crippen LogP contribution in [0.2, 0.25) is 0 Å². The molecule has 36 heavy (non-hydrogen) atoms. The maximum atomic E-state index is 13.3. The third kappa shape index (κ3) is 5.75. The van der Waals surface area contributed by atoms with Crippen LogP contribution in [-0.4, -0.2) is 59.7 Å². The molecular formula is C28H37BrN4O3. The Morgan fingerprint density at radius 3 is 2.25 bits per heavy atom. The van der Waals surface area contributed by atoms with Gasteiger partial charge in [0.15, 0.2) is 12.4 Å². The zero-order valence-electron chi connectivity index (χ0n) is 21.8. The molecule has 0 unspecified atom stereocenters. The topological polar surface area (TPSA) is 72.1 Å². The van der Waals surface area contributed by atoms with Gasteiger partial charge in [-0.25, -0.2) is 0 Å². The summed E-state index contributed by atoms with van der Waals surface area (Å²) < 4.78 is 1.83. The molecular weight excluding hydrogens is 520 g/mol. The Kier molecular flexibility index (Phi) is 8.35. The first-order valence-corrected chi connectivity index (χ1v) is 13.7. The largest absolute Gasteiger partial charge is 0.619 e. The molecule has 8 heteroatoms. The van der Waals surface area contributed by atoms with Crippen LogP contribution in [0, 0.1) is 25.0 Å². The molecule has 0 radical (unpaired) electrons. The van der Waals surface area contributed by atoms with Crippen LogP contribution in [-0.2, 0) is 4.84 Å². The monoisotopic (exact) mass is 556 g/mol. The molecule has 0 bridgehead atoms. The molecule has 194 valence electrons. The number of carbonyl (C=O) groups excluding carboxylic acids is 1. The van der Waals surface area contributed by atoms with Gasteiger partial charge >= 0.3 is 0 Å². The fourth-order valence-corrected chi connectivity index (χ4v) is 5.94. The predicted octanol–water partition coefficient (Wildman–Crippen LogP) is 4.85. The lowest BCUT2D eigenvalue weighted by Crippen LogP contribution is -2.56. The van der Waals surface area contributed by atoms with Gasteiger partial charge in [-0.3, -0.25) is 9.69 Å². The SMILES string of the molecule is CCO/N=C(\c1ccc(Br)cc1)C1CCN(C2(C)CCN(C(=O)c3c(C)c[n+]([O-])cc3C)CC2)CC1. The number of likely N-dealkylation sites (tertiary alicyclic amines) is 2. The van der Waals surface area contributed by atoms with Crippen LogP contribution >= 0.6 is 15.9 Å². The highest BCUT2D eigenvalue weighted by atomic mass is 79.9. The number of amides is 1. The van der Waals surface area contributed by atoms with Gasteiger partial charge < -0.3 is 14.9 Å². The number of nitrogens with zero attached hydrogens (tertiary/aromatic N) is 4. The molecule has 2 aliphatic rings. The van der Waals surface area contributed by atoms with Gasteiger partial charge in [0, 0.05) is 40.1 Å². The number of hydrogen-bond acceptors (Lipinski definition) is 5. The fourth-order valence-electron chi connectivity index (χ4n) is 5.67. The average molecular weight is 558 g/mol. The minimum absolute atomic E-state index is 0.0395. The van der Waals surface area contributed by atoms with Crippen LogP contribution in [0.4, 0.5) is 0 Å². The molecule has 2 aromatic rings. The summed E-state index contributed by atoms with van der Waals surface area (Å²) in [4.78, 5) is 23.3. The van der Waals surface area contributed by atoms with Gasteiger partial charge in [-0.2, -0.15) is 4.73 Å². The molecule has 1 aromatic carbocycles. The van der Waals surface area contributed by atoms with Crippen molar-refractivity contribution in [1.82, 2.24) is 9.80 Å². The van der Waals surface area contributed by atoms with Crippen molar-refractivity contribution in [3.8, 4) is 0 Å². The molecule has 0 spiro atoms. The Morgan fingerprint density at radius 2 is 1.69 bits per heavy atom. The average Bonchev–Trinajstić information content (AvgIpc) is 2.85. The van der Waals surface area contributed by atoms with Crippen molar-refractivity contribution in [2.45, 2.75) is 58.9 Å². The minimum Gasteiger partial charge on any atom is -0.619 e. The van der Waals surface area contributed by atoms with Crippen LogP contribution in [0.25, 0.3) is 0 Å². The van der Waals surface area contributed by atoms with Gasteiger partial charge in [-0.15, -0.1) is 0 Å². The third-order valence-electron chi connectivity index (χ3n) is 7.85. The van der Waals surface area contributed by atoms with Gasteiger partial charge in [0.1, 0.15) is 6.61 Å². The molecule has 1 amide bonds. The van der Waals surface area contributed by atoms with Crippen molar-refractivity contribution in [2.75, 3.05) is 32.8 Å². The molecule has 0 atom stereocenters. The second-order valence-electron chi connectivity index (χ2n) is 10.3. The summed E-state index contributed by atoms with van der Waals surface area (Å²) in [6.45, 7) is 12.0. The van der Waals surface area contributed by atoms with Gasteiger partial charge in [-0.1, -0.05) is 33.2 Å². The molecule has 7 nitrogen and oxygen atoms in total. The highest BCUT2D eigenvalue weighted by Gasteiger charge is 2.39. The second-order valence-corrected chi connectivity index (χ2v) is 11.2. The molecule has 4 rings (SSSR count). The molecule has 0 N–H and O–H groups in total. The molecule has 0 aliphatic carbocycles. The summed E-state index contributed by atoms with van der Waals surface area (Å²) in [5.74, 6) is 0.407. The third-order valence-corrected chi connectivity index (χ3v) is 8.38. The second kappa shape index (κ2) is 11.3. The van der Waals surface area contributed by atoms with Gasteiger partial charge in [0.05, 0.1) is 11.3 Å². The Labute approximate surface area is 222 Å². The van der Waals surface area contributed by atoms with Crippen molar-refractivity contribution < 1.29 is 14.4 Å². The van der Waals surface area contributed by atoms with E-state index < -0.39 is 0 Å². The van der Waals surface area contributed by atoms with E-state index in [0.717, 1.165) is 83.5 Å². The van der Waals surface area contributed by atoms with Crippen LogP contribution in [0.1, 0.15) is 66.6 Å². The maximum Gasteiger partial charge on any atom is 0.254 e. The maximum absolute atomic E-state index is 13.3. The number of carbonyl (C=O) groups is 1. The summed E-state index contributed by atoms with van der Waals surface area (Å²) >= 11 is 3.52. The minimum atomic E-state index is 0.0395. The highest BCUT2D eigenvalue weighted by Crippen LogP contribution is 2.34. The number of aryl methyl sites for hydroxylation is 2. The number of rotatable bonds is 6. The summed E-state index contributed by atoms with van der Waals surface area (Å²) in [7, 11) is 0. The quantitative estimate of drug-likeness (QED) is 0.221. The number of aromatic nitrogens is 1. The number of pyridine rings is 1. The number of piperidine rings is 2. The van der Waals surface area contributed by atoms with Crippen molar-refractivity contribution in [2.24, 2.45) is 11.1 Å². The fraction of sp³-hybridized carbons (Fsp3) is 0.536. The Bertz CT molecular complexity index is 1080. The normalized spacial score (nSPS) is 19.4. The highest BCUT2D eigenvalue weighted by molar-refractivity contribution is 9.10. The van der Waals surface area contributed by atoms with E-state index in [2.05, 4.69) is 57.2 Å². The predicted molar refractivity (Wildman–Crippen MR) is 145 cm³/mol. The summed E-state index contributed by atoms with van der Waals surface area (Å²) in [6.07, 6.45) is 6.94. The number of benzene rings is 1. The number of halogens is 1. The van der Waals surface area contributed by atoms with Crippen LogP contribution in [0.5, 0.6) is 0 Å². The molecule has 2 aliphatic heterocycles. The van der Waals surface area contributed by atoms with Crippen molar-refractivity contribution in [3.05, 3.63) is 68.6 Å². The van der Waals surface area contributed by atoms with E-state index in [1.807, 2.05) is 25.7 Å². The van der Waals surface area contributed by atoms with Crippen LogP contribution < -0.4 is 4.73 Å². The summed E-state index contributed by atoms with van der Waals surface area (Å²) in [5.41, 5.74) is 4.39. The van der Waals surface area contributed by atoms with Crippen molar-refractivity contribution in [3.63, 3.8) is 0 Å². The van der Waals surface area contributed by atoms with Gasteiger partial charge in [0.2, 0.25) is 0 Å². The molecule has 2 fully saturated rings. The number of hydrogen-bond donors (Lipinski definition) is 0. The zero-order chi connectivity index (χ0) is 25.9. The van der Waals surface area contributed by atoms with Crippen LogP contribution in [0.3, 0.4) is 0 Å². The summed E-state index contributed by atoms with van der Waals surface area (Å²) in [6, 6.07) is 8.32. The van der Waals surface area contributed by atoms with Crippen LogP contribution in [0.15, 0.2) is 46.3 Å². The first kappa shape index (κ1) is 26.6. The zero-order valence-corrected chi connectivity index (χ0v) is 23.4. The Hall–Kier alpha value is -2.45. The Balaban J connectivity index is 1.38. The lowest BCUT2D eigenvalue weighted by molar-refractivity contribution is -0.606.